The Morgan fingerprint density at radius 2 is 1.72 bits per heavy atom. The van der Waals surface area contributed by atoms with Crippen molar-refractivity contribution in [3.63, 3.8) is 0 Å². The Morgan fingerprint density at radius 3 is 2.34 bits per heavy atom. The molecular formula is C24H23NO3S. The fourth-order valence-electron chi connectivity index (χ4n) is 4.22. The van der Waals surface area contributed by atoms with Gasteiger partial charge in [-0.2, -0.15) is 0 Å². The summed E-state index contributed by atoms with van der Waals surface area (Å²) in [7, 11) is 0. The monoisotopic (exact) mass is 405 g/mol. The molecule has 0 aliphatic carbocycles. The van der Waals surface area contributed by atoms with E-state index in [0.717, 1.165) is 42.1 Å². The van der Waals surface area contributed by atoms with Crippen LogP contribution >= 0.6 is 11.3 Å². The molecule has 0 spiro atoms. The molecule has 0 unspecified atom stereocenters. The van der Waals surface area contributed by atoms with Gasteiger partial charge in [-0.1, -0.05) is 42.5 Å². The van der Waals surface area contributed by atoms with Gasteiger partial charge >= 0.3 is 0 Å². The quantitative estimate of drug-likeness (QED) is 0.586. The molecule has 1 aromatic heterocycles. The largest absolute Gasteiger partial charge is 0.457 e. The highest BCUT2D eigenvalue weighted by Crippen LogP contribution is 2.44. The van der Waals surface area contributed by atoms with Gasteiger partial charge in [-0.15, -0.1) is 11.3 Å². The molecule has 29 heavy (non-hydrogen) atoms. The topological polar surface area (TPSA) is 38.8 Å². The minimum atomic E-state index is -0.363. The second-order valence-corrected chi connectivity index (χ2v) is 8.58. The van der Waals surface area contributed by atoms with E-state index in [1.807, 2.05) is 59.5 Å². The lowest BCUT2D eigenvalue weighted by Gasteiger charge is -2.33. The number of carbonyl (C=O) groups excluding carboxylic acids is 1. The Balaban J connectivity index is 1.52. The maximum absolute atomic E-state index is 14.0. The van der Waals surface area contributed by atoms with E-state index < -0.39 is 0 Å². The fraction of sp³-hybridized carbons (Fsp3) is 0.292. The molecule has 3 heterocycles. The fourth-order valence-corrected chi connectivity index (χ4v) is 4.94. The summed E-state index contributed by atoms with van der Waals surface area (Å²) in [5.41, 5.74) is 1.86. The lowest BCUT2D eigenvalue weighted by Crippen LogP contribution is -2.40. The number of hydrogen-bond donors (Lipinski definition) is 0. The number of rotatable bonds is 5. The van der Waals surface area contributed by atoms with Crippen molar-refractivity contribution < 1.29 is 14.3 Å². The molecule has 0 radical (unpaired) electrons. The van der Waals surface area contributed by atoms with Gasteiger partial charge in [-0.05, 0) is 36.4 Å². The predicted octanol–water partition coefficient (Wildman–Crippen LogP) is 5.19. The summed E-state index contributed by atoms with van der Waals surface area (Å²) in [6.45, 7) is 2.02. The smallest absolute Gasteiger partial charge is 0.235 e. The summed E-state index contributed by atoms with van der Waals surface area (Å²) in [6, 6.07) is 19.9. The molecule has 5 rings (SSSR count). The number of nitrogens with zero attached hydrogens (tertiary/aromatic N) is 1. The number of thiophene rings is 1. The van der Waals surface area contributed by atoms with E-state index in [-0.39, 0.29) is 17.9 Å². The zero-order chi connectivity index (χ0) is 19.6. The van der Waals surface area contributed by atoms with Crippen LogP contribution in [0.4, 0.5) is 0 Å². The molecule has 0 bridgehead atoms. The molecule has 5 heteroatoms. The highest BCUT2D eigenvalue weighted by molar-refractivity contribution is 7.09. The highest BCUT2D eigenvalue weighted by atomic mass is 32.1. The SMILES string of the molecule is O=C(C1c2ccccc2Oc2ccccc21)N(Cc1cccs1)C[C@H]1CCCO1. The molecule has 1 atom stereocenters. The molecular weight excluding hydrogens is 382 g/mol. The van der Waals surface area contributed by atoms with Crippen LogP contribution in [0.5, 0.6) is 11.5 Å². The van der Waals surface area contributed by atoms with Crippen molar-refractivity contribution in [3.05, 3.63) is 82.0 Å². The Labute approximate surface area is 174 Å². The summed E-state index contributed by atoms with van der Waals surface area (Å²) in [5, 5.41) is 2.06. The molecule has 1 saturated heterocycles. The van der Waals surface area contributed by atoms with E-state index in [1.165, 1.54) is 4.88 Å². The third kappa shape index (κ3) is 3.68. The average molecular weight is 406 g/mol. The van der Waals surface area contributed by atoms with Gasteiger partial charge in [0.15, 0.2) is 0 Å². The van der Waals surface area contributed by atoms with E-state index >= 15 is 0 Å². The maximum atomic E-state index is 14.0. The molecule has 1 fully saturated rings. The molecule has 1 amide bonds. The normalized spacial score (nSPS) is 18.0. The Bertz CT molecular complexity index is 949. The average Bonchev–Trinajstić information content (AvgIpc) is 3.45. The number of para-hydroxylation sites is 2. The van der Waals surface area contributed by atoms with Crippen LogP contribution in [-0.4, -0.2) is 30.1 Å². The zero-order valence-electron chi connectivity index (χ0n) is 16.1. The van der Waals surface area contributed by atoms with Gasteiger partial charge in [0, 0.05) is 29.2 Å². The van der Waals surface area contributed by atoms with Crippen molar-refractivity contribution in [1.29, 1.82) is 0 Å². The maximum Gasteiger partial charge on any atom is 0.235 e. The first-order chi connectivity index (χ1) is 14.3. The summed E-state index contributed by atoms with van der Waals surface area (Å²) in [5.74, 6) is 1.27. The molecule has 148 valence electrons. The number of ether oxygens (including phenoxy) is 2. The van der Waals surface area contributed by atoms with Crippen LogP contribution < -0.4 is 4.74 Å². The molecule has 3 aromatic rings. The second kappa shape index (κ2) is 8.01. The van der Waals surface area contributed by atoms with Crippen molar-refractivity contribution in [3.8, 4) is 11.5 Å². The highest BCUT2D eigenvalue weighted by Gasteiger charge is 2.36. The van der Waals surface area contributed by atoms with Crippen molar-refractivity contribution in [2.24, 2.45) is 0 Å². The van der Waals surface area contributed by atoms with E-state index in [4.69, 9.17) is 9.47 Å². The standard InChI is InChI=1S/C24H23NO3S/c26-24(25(15-17-7-5-13-27-17)16-18-8-6-14-29-18)23-19-9-1-3-11-21(19)28-22-12-4-2-10-20(22)23/h1-4,6,8-12,14,17,23H,5,7,13,15-16H2/t17-/m1/s1. The lowest BCUT2D eigenvalue weighted by atomic mass is 9.86. The Kier molecular flexibility index (Phi) is 5.08. The van der Waals surface area contributed by atoms with E-state index in [9.17, 15) is 4.79 Å². The van der Waals surface area contributed by atoms with Crippen LogP contribution in [0.1, 0.15) is 34.8 Å². The summed E-state index contributed by atoms with van der Waals surface area (Å²) >= 11 is 1.69. The minimum Gasteiger partial charge on any atom is -0.457 e. The number of benzene rings is 2. The van der Waals surface area contributed by atoms with Crippen LogP contribution in [0.2, 0.25) is 0 Å². The number of fused-ring (bicyclic) bond motifs is 2. The summed E-state index contributed by atoms with van der Waals surface area (Å²) in [6.07, 6.45) is 2.19. The molecule has 2 aromatic carbocycles. The Hall–Kier alpha value is -2.63. The van der Waals surface area contributed by atoms with Crippen LogP contribution in [0.3, 0.4) is 0 Å². The van der Waals surface area contributed by atoms with E-state index in [1.54, 1.807) is 11.3 Å². The second-order valence-electron chi connectivity index (χ2n) is 7.54. The van der Waals surface area contributed by atoms with Gasteiger partial charge in [0.2, 0.25) is 5.91 Å². The summed E-state index contributed by atoms with van der Waals surface area (Å²) < 4.78 is 11.9. The first kappa shape index (κ1) is 18.4. The molecule has 0 saturated carbocycles. The predicted molar refractivity (Wildman–Crippen MR) is 114 cm³/mol. The number of hydrogen-bond acceptors (Lipinski definition) is 4. The molecule has 2 aliphatic heterocycles. The first-order valence-corrected chi connectivity index (χ1v) is 11.0. The van der Waals surface area contributed by atoms with Crippen LogP contribution in [-0.2, 0) is 16.1 Å². The third-order valence-corrected chi connectivity index (χ3v) is 6.47. The third-order valence-electron chi connectivity index (χ3n) is 5.61. The van der Waals surface area contributed by atoms with Crippen molar-refractivity contribution in [2.45, 2.75) is 31.4 Å². The van der Waals surface area contributed by atoms with Gasteiger partial charge in [0.25, 0.3) is 0 Å². The van der Waals surface area contributed by atoms with Gasteiger partial charge in [0.05, 0.1) is 18.6 Å². The van der Waals surface area contributed by atoms with Crippen LogP contribution in [0.15, 0.2) is 66.0 Å². The minimum absolute atomic E-state index is 0.108. The van der Waals surface area contributed by atoms with Crippen LogP contribution in [0, 0.1) is 0 Å². The molecule has 4 nitrogen and oxygen atoms in total. The first-order valence-electron chi connectivity index (χ1n) is 10.1. The molecule has 0 N–H and O–H groups in total. The van der Waals surface area contributed by atoms with Gasteiger partial charge in [0.1, 0.15) is 11.5 Å². The Morgan fingerprint density at radius 1 is 1.00 bits per heavy atom. The van der Waals surface area contributed by atoms with E-state index in [2.05, 4.69) is 11.4 Å². The summed E-state index contributed by atoms with van der Waals surface area (Å²) in [4.78, 5) is 17.1. The van der Waals surface area contributed by atoms with Crippen molar-refractivity contribution >= 4 is 17.2 Å². The number of amides is 1. The zero-order valence-corrected chi connectivity index (χ0v) is 16.9. The van der Waals surface area contributed by atoms with Gasteiger partial charge in [-0.3, -0.25) is 4.79 Å². The van der Waals surface area contributed by atoms with Crippen molar-refractivity contribution in [2.75, 3.05) is 13.2 Å². The van der Waals surface area contributed by atoms with Crippen molar-refractivity contribution in [1.82, 2.24) is 4.90 Å². The molecule has 2 aliphatic rings. The van der Waals surface area contributed by atoms with Crippen LogP contribution in [0.25, 0.3) is 0 Å². The van der Waals surface area contributed by atoms with Gasteiger partial charge < -0.3 is 14.4 Å². The van der Waals surface area contributed by atoms with Gasteiger partial charge in [-0.25, -0.2) is 0 Å². The lowest BCUT2D eigenvalue weighted by molar-refractivity contribution is -0.134. The van der Waals surface area contributed by atoms with E-state index in [0.29, 0.717) is 13.1 Å². The number of carbonyl (C=O) groups is 1.